The lowest BCUT2D eigenvalue weighted by Crippen LogP contribution is -1.81. The minimum atomic E-state index is 0.633. The molecule has 0 aliphatic heterocycles. The van der Waals surface area contributed by atoms with E-state index in [-0.39, 0.29) is 0 Å². The molecule has 0 bridgehead atoms. The normalized spacial score (nSPS) is 11.4. The third kappa shape index (κ3) is 1.52. The van der Waals surface area contributed by atoms with Crippen LogP contribution < -0.4 is 0 Å². The lowest BCUT2D eigenvalue weighted by molar-refractivity contribution is 0.422. The largest absolute Gasteiger partial charge is 0.364 e. The van der Waals surface area contributed by atoms with E-state index < -0.39 is 0 Å². The van der Waals surface area contributed by atoms with Crippen LogP contribution in [0.4, 0.5) is 0 Å². The molecule has 1 aromatic carbocycles. The molecule has 0 unspecified atom stereocenters. The Kier molecular flexibility index (Phi) is 2.10. The lowest BCUT2D eigenvalue weighted by atomic mass is 10.2. The molecular formula is C13H7ClN4O. The van der Waals surface area contributed by atoms with Crippen molar-refractivity contribution >= 4 is 33.5 Å². The average Bonchev–Trinajstić information content (AvgIpc) is 3.07. The molecule has 1 N–H and O–H groups in total. The van der Waals surface area contributed by atoms with Crippen molar-refractivity contribution in [3.63, 3.8) is 0 Å². The highest BCUT2D eigenvalue weighted by Gasteiger charge is 2.12. The number of halogens is 1. The first-order valence-corrected chi connectivity index (χ1v) is 6.04. The van der Waals surface area contributed by atoms with Crippen molar-refractivity contribution in [3.05, 3.63) is 41.7 Å². The third-order valence-corrected chi connectivity index (χ3v) is 3.29. The molecule has 0 fully saturated rings. The monoisotopic (exact) mass is 270 g/mol. The SMILES string of the molecule is Clc1cccc2ncc3[nH]c(-c4ccon4)nc3c12. The van der Waals surface area contributed by atoms with Gasteiger partial charge in [-0.05, 0) is 12.1 Å². The van der Waals surface area contributed by atoms with Gasteiger partial charge in [-0.25, -0.2) is 4.98 Å². The molecule has 3 heterocycles. The molecule has 0 spiro atoms. The Labute approximate surface area is 112 Å². The second-order valence-corrected chi connectivity index (χ2v) is 4.53. The van der Waals surface area contributed by atoms with Gasteiger partial charge in [0.15, 0.2) is 5.82 Å². The number of imidazole rings is 1. The highest BCUT2D eigenvalue weighted by molar-refractivity contribution is 6.37. The molecule has 5 nitrogen and oxygen atoms in total. The number of fused-ring (bicyclic) bond motifs is 3. The first-order valence-electron chi connectivity index (χ1n) is 5.66. The fourth-order valence-corrected chi connectivity index (χ4v) is 2.37. The number of hydrogen-bond donors (Lipinski definition) is 1. The van der Waals surface area contributed by atoms with Crippen LogP contribution >= 0.6 is 11.6 Å². The van der Waals surface area contributed by atoms with Crippen LogP contribution in [0, 0.1) is 0 Å². The molecule has 3 aromatic heterocycles. The minimum Gasteiger partial charge on any atom is -0.364 e. The standard InChI is InChI=1S/C13H7ClN4O/c14-7-2-1-3-8-11(7)12-10(6-15-8)16-13(17-12)9-4-5-19-18-9/h1-6H,(H,16,17). The van der Waals surface area contributed by atoms with Crippen LogP contribution in [0.5, 0.6) is 0 Å². The summed E-state index contributed by atoms with van der Waals surface area (Å²) < 4.78 is 4.82. The highest BCUT2D eigenvalue weighted by atomic mass is 35.5. The molecule has 0 amide bonds. The van der Waals surface area contributed by atoms with E-state index in [0.29, 0.717) is 16.5 Å². The molecule has 4 aromatic rings. The van der Waals surface area contributed by atoms with Gasteiger partial charge >= 0.3 is 0 Å². The van der Waals surface area contributed by atoms with Crippen LogP contribution in [-0.2, 0) is 0 Å². The van der Waals surface area contributed by atoms with Gasteiger partial charge in [-0.1, -0.05) is 22.8 Å². The van der Waals surface area contributed by atoms with Gasteiger partial charge in [-0.3, -0.25) is 4.98 Å². The molecular weight excluding hydrogens is 264 g/mol. The van der Waals surface area contributed by atoms with Crippen molar-refractivity contribution in [1.29, 1.82) is 0 Å². The Hall–Kier alpha value is -2.40. The zero-order valence-corrected chi connectivity index (χ0v) is 10.3. The van der Waals surface area contributed by atoms with Crippen LogP contribution in [0.25, 0.3) is 33.5 Å². The summed E-state index contributed by atoms with van der Waals surface area (Å²) in [5.41, 5.74) is 3.07. The fourth-order valence-electron chi connectivity index (χ4n) is 2.12. The molecule has 4 rings (SSSR count). The Morgan fingerprint density at radius 3 is 3.00 bits per heavy atom. The van der Waals surface area contributed by atoms with Crippen LogP contribution in [0.15, 0.2) is 41.2 Å². The minimum absolute atomic E-state index is 0.633. The highest BCUT2D eigenvalue weighted by Crippen LogP contribution is 2.29. The summed E-state index contributed by atoms with van der Waals surface area (Å²) in [6.07, 6.45) is 3.25. The zero-order valence-electron chi connectivity index (χ0n) is 9.59. The fraction of sp³-hybridized carbons (Fsp3) is 0. The molecule has 92 valence electrons. The Morgan fingerprint density at radius 1 is 1.21 bits per heavy atom. The van der Waals surface area contributed by atoms with E-state index >= 15 is 0 Å². The number of H-pyrrole nitrogens is 1. The summed E-state index contributed by atoms with van der Waals surface area (Å²) in [7, 11) is 0. The van der Waals surface area contributed by atoms with Gasteiger partial charge in [-0.2, -0.15) is 0 Å². The molecule has 0 aliphatic carbocycles. The quantitative estimate of drug-likeness (QED) is 0.575. The van der Waals surface area contributed by atoms with Gasteiger partial charge in [0.2, 0.25) is 0 Å². The molecule has 0 atom stereocenters. The maximum atomic E-state index is 6.24. The van der Waals surface area contributed by atoms with E-state index in [1.54, 1.807) is 12.3 Å². The first kappa shape index (κ1) is 10.5. The average molecular weight is 271 g/mol. The van der Waals surface area contributed by atoms with Crippen LogP contribution in [0.2, 0.25) is 5.02 Å². The van der Waals surface area contributed by atoms with E-state index in [1.807, 2.05) is 18.2 Å². The van der Waals surface area contributed by atoms with Crippen molar-refractivity contribution in [2.75, 3.05) is 0 Å². The van der Waals surface area contributed by atoms with Crippen LogP contribution in [0.3, 0.4) is 0 Å². The van der Waals surface area contributed by atoms with Crippen molar-refractivity contribution in [1.82, 2.24) is 20.1 Å². The van der Waals surface area contributed by atoms with Crippen molar-refractivity contribution in [2.24, 2.45) is 0 Å². The van der Waals surface area contributed by atoms with Crippen molar-refractivity contribution in [3.8, 4) is 11.5 Å². The molecule has 19 heavy (non-hydrogen) atoms. The number of nitrogens with one attached hydrogen (secondary N) is 1. The maximum absolute atomic E-state index is 6.24. The molecule has 0 saturated heterocycles. The smallest absolute Gasteiger partial charge is 0.160 e. The van der Waals surface area contributed by atoms with E-state index in [1.165, 1.54) is 6.26 Å². The van der Waals surface area contributed by atoms with E-state index in [9.17, 15) is 0 Å². The number of aromatic amines is 1. The van der Waals surface area contributed by atoms with Gasteiger partial charge in [-0.15, -0.1) is 0 Å². The van der Waals surface area contributed by atoms with Gasteiger partial charge < -0.3 is 9.51 Å². The second kappa shape index (κ2) is 3.80. The summed E-state index contributed by atoms with van der Waals surface area (Å²) in [5.74, 6) is 0.637. The van der Waals surface area contributed by atoms with E-state index in [2.05, 4.69) is 20.1 Å². The number of hydrogen-bond acceptors (Lipinski definition) is 4. The Morgan fingerprint density at radius 2 is 2.16 bits per heavy atom. The Balaban J connectivity index is 2.11. The molecule has 0 radical (unpaired) electrons. The number of pyridine rings is 1. The number of rotatable bonds is 1. The summed E-state index contributed by atoms with van der Waals surface area (Å²) in [6.45, 7) is 0. The van der Waals surface area contributed by atoms with Gasteiger partial charge in [0.1, 0.15) is 17.5 Å². The molecule has 0 aliphatic rings. The van der Waals surface area contributed by atoms with Gasteiger partial charge in [0.05, 0.1) is 22.3 Å². The summed E-state index contributed by atoms with van der Waals surface area (Å²) in [6, 6.07) is 7.35. The molecule has 0 saturated carbocycles. The second-order valence-electron chi connectivity index (χ2n) is 4.12. The van der Waals surface area contributed by atoms with Gasteiger partial charge in [0.25, 0.3) is 0 Å². The topological polar surface area (TPSA) is 67.6 Å². The van der Waals surface area contributed by atoms with E-state index in [4.69, 9.17) is 16.1 Å². The van der Waals surface area contributed by atoms with E-state index in [0.717, 1.165) is 21.9 Å². The Bertz CT molecular complexity index is 882. The predicted octanol–water partition coefficient (Wildman–Crippen LogP) is 3.42. The maximum Gasteiger partial charge on any atom is 0.160 e. The third-order valence-electron chi connectivity index (χ3n) is 2.97. The first-order chi connectivity index (χ1) is 9.33. The van der Waals surface area contributed by atoms with Crippen LogP contribution in [0.1, 0.15) is 0 Å². The summed E-state index contributed by atoms with van der Waals surface area (Å²) in [5, 5.41) is 5.34. The predicted molar refractivity (Wildman–Crippen MR) is 71.9 cm³/mol. The number of benzene rings is 1. The number of nitrogens with zero attached hydrogens (tertiary/aromatic N) is 3. The molecule has 6 heteroatoms. The zero-order chi connectivity index (χ0) is 12.8. The van der Waals surface area contributed by atoms with Gasteiger partial charge in [0, 0.05) is 11.5 Å². The van der Waals surface area contributed by atoms with Crippen molar-refractivity contribution < 1.29 is 4.52 Å². The van der Waals surface area contributed by atoms with Crippen LogP contribution in [-0.4, -0.2) is 20.1 Å². The summed E-state index contributed by atoms with van der Waals surface area (Å²) >= 11 is 6.24. The summed E-state index contributed by atoms with van der Waals surface area (Å²) in [4.78, 5) is 12.1. The van der Waals surface area contributed by atoms with Crippen molar-refractivity contribution in [2.45, 2.75) is 0 Å². The number of aromatic nitrogens is 4. The lowest BCUT2D eigenvalue weighted by Gasteiger charge is -1.99.